The SMILES string of the molecule is Cc1cccnc1NC(=O)CCc1c(C)nc2ncnn2c1C. The van der Waals surface area contributed by atoms with E-state index in [1.807, 2.05) is 32.9 Å². The van der Waals surface area contributed by atoms with Crippen LogP contribution in [-0.4, -0.2) is 30.5 Å². The maximum absolute atomic E-state index is 12.2. The zero-order valence-electron chi connectivity index (χ0n) is 13.4. The van der Waals surface area contributed by atoms with E-state index in [0.29, 0.717) is 24.4 Å². The molecule has 0 aliphatic rings. The second-order valence-electron chi connectivity index (χ2n) is 5.45. The number of fused-ring (bicyclic) bond motifs is 1. The smallest absolute Gasteiger partial charge is 0.252 e. The molecule has 7 heteroatoms. The number of nitrogens with zero attached hydrogens (tertiary/aromatic N) is 5. The van der Waals surface area contributed by atoms with Gasteiger partial charge in [0.25, 0.3) is 5.78 Å². The van der Waals surface area contributed by atoms with Gasteiger partial charge in [-0.1, -0.05) is 6.07 Å². The van der Waals surface area contributed by atoms with Crippen LogP contribution in [0.25, 0.3) is 5.78 Å². The molecule has 0 aliphatic heterocycles. The highest BCUT2D eigenvalue weighted by molar-refractivity contribution is 5.90. The molecule has 0 spiro atoms. The van der Waals surface area contributed by atoms with Crippen LogP contribution in [0.1, 0.15) is 28.9 Å². The Morgan fingerprint density at radius 3 is 2.87 bits per heavy atom. The summed E-state index contributed by atoms with van der Waals surface area (Å²) < 4.78 is 1.70. The molecule has 0 atom stereocenters. The Morgan fingerprint density at radius 1 is 1.26 bits per heavy atom. The molecule has 1 amide bonds. The summed E-state index contributed by atoms with van der Waals surface area (Å²) in [5.74, 6) is 1.12. The van der Waals surface area contributed by atoms with Crippen LogP contribution in [0.4, 0.5) is 5.82 Å². The van der Waals surface area contributed by atoms with E-state index < -0.39 is 0 Å². The molecular formula is C16H18N6O. The van der Waals surface area contributed by atoms with Gasteiger partial charge in [-0.05, 0) is 44.4 Å². The molecule has 0 saturated heterocycles. The molecule has 0 bridgehead atoms. The van der Waals surface area contributed by atoms with E-state index in [9.17, 15) is 4.79 Å². The highest BCUT2D eigenvalue weighted by Gasteiger charge is 2.13. The molecule has 0 aromatic carbocycles. The number of rotatable bonds is 4. The molecular weight excluding hydrogens is 292 g/mol. The van der Waals surface area contributed by atoms with E-state index in [0.717, 1.165) is 22.5 Å². The van der Waals surface area contributed by atoms with Crippen LogP contribution in [0.2, 0.25) is 0 Å². The lowest BCUT2D eigenvalue weighted by Gasteiger charge is -2.11. The Kier molecular flexibility index (Phi) is 4.01. The van der Waals surface area contributed by atoms with Gasteiger partial charge >= 0.3 is 0 Å². The normalized spacial score (nSPS) is 10.9. The number of carbonyl (C=O) groups excluding carboxylic acids is 1. The maximum atomic E-state index is 12.2. The molecule has 3 heterocycles. The first-order valence-electron chi connectivity index (χ1n) is 7.43. The van der Waals surface area contributed by atoms with Gasteiger partial charge in [-0.3, -0.25) is 4.79 Å². The van der Waals surface area contributed by atoms with Crippen molar-refractivity contribution < 1.29 is 4.79 Å². The number of aromatic nitrogens is 5. The van der Waals surface area contributed by atoms with Crippen molar-refractivity contribution in [2.24, 2.45) is 0 Å². The van der Waals surface area contributed by atoms with Gasteiger partial charge in [-0.2, -0.15) is 10.1 Å². The zero-order chi connectivity index (χ0) is 16.4. The van der Waals surface area contributed by atoms with Crippen molar-refractivity contribution >= 4 is 17.5 Å². The molecule has 0 fully saturated rings. The number of hydrogen-bond acceptors (Lipinski definition) is 5. The van der Waals surface area contributed by atoms with Crippen molar-refractivity contribution in [1.82, 2.24) is 24.6 Å². The summed E-state index contributed by atoms with van der Waals surface area (Å²) in [4.78, 5) is 24.9. The first kappa shape index (κ1) is 15.1. The Morgan fingerprint density at radius 2 is 2.09 bits per heavy atom. The van der Waals surface area contributed by atoms with Crippen LogP contribution in [0.5, 0.6) is 0 Å². The average Bonchev–Trinajstić information content (AvgIpc) is 2.98. The molecule has 7 nitrogen and oxygen atoms in total. The first-order valence-corrected chi connectivity index (χ1v) is 7.43. The molecule has 0 unspecified atom stereocenters. The summed E-state index contributed by atoms with van der Waals surface area (Å²) >= 11 is 0. The van der Waals surface area contributed by atoms with Gasteiger partial charge in [0.15, 0.2) is 0 Å². The van der Waals surface area contributed by atoms with Gasteiger partial charge in [-0.25, -0.2) is 14.5 Å². The number of hydrogen-bond donors (Lipinski definition) is 1. The Labute approximate surface area is 133 Å². The van der Waals surface area contributed by atoms with Crippen LogP contribution in [-0.2, 0) is 11.2 Å². The standard InChI is InChI=1S/C16H18N6O/c1-10-5-4-8-17-15(10)21-14(23)7-6-13-11(2)20-16-18-9-19-22(16)12(13)3/h4-5,8-9H,6-7H2,1-3H3,(H,17,21,23). The Hall–Kier alpha value is -2.83. The first-order chi connectivity index (χ1) is 11.1. The highest BCUT2D eigenvalue weighted by Crippen LogP contribution is 2.16. The van der Waals surface area contributed by atoms with Crippen molar-refractivity contribution in [1.29, 1.82) is 0 Å². The fourth-order valence-corrected chi connectivity index (χ4v) is 2.57. The predicted octanol–water partition coefficient (Wildman–Crippen LogP) is 2.02. The minimum absolute atomic E-state index is 0.0655. The summed E-state index contributed by atoms with van der Waals surface area (Å²) in [6.07, 6.45) is 4.10. The minimum Gasteiger partial charge on any atom is -0.310 e. The molecule has 3 rings (SSSR count). The third kappa shape index (κ3) is 3.03. The van der Waals surface area contributed by atoms with Crippen molar-refractivity contribution in [2.75, 3.05) is 5.32 Å². The summed E-state index contributed by atoms with van der Waals surface area (Å²) in [5, 5.41) is 7.01. The number of nitrogens with one attached hydrogen (secondary N) is 1. The number of pyridine rings is 1. The van der Waals surface area contributed by atoms with E-state index >= 15 is 0 Å². The maximum Gasteiger partial charge on any atom is 0.252 e. The molecule has 0 aliphatic carbocycles. The molecule has 0 saturated carbocycles. The van der Waals surface area contributed by atoms with Crippen molar-refractivity contribution in [3.8, 4) is 0 Å². The summed E-state index contributed by atoms with van der Waals surface area (Å²) in [7, 11) is 0. The molecule has 118 valence electrons. The quantitative estimate of drug-likeness (QED) is 0.797. The monoisotopic (exact) mass is 310 g/mol. The molecule has 1 N–H and O–H groups in total. The Balaban J connectivity index is 1.73. The minimum atomic E-state index is -0.0655. The molecule has 3 aromatic heterocycles. The van der Waals surface area contributed by atoms with E-state index in [2.05, 4.69) is 25.4 Å². The lowest BCUT2D eigenvalue weighted by Crippen LogP contribution is -2.15. The van der Waals surface area contributed by atoms with Crippen LogP contribution in [0.3, 0.4) is 0 Å². The van der Waals surface area contributed by atoms with Crippen molar-refractivity contribution in [2.45, 2.75) is 33.6 Å². The van der Waals surface area contributed by atoms with Gasteiger partial charge in [0.1, 0.15) is 12.1 Å². The number of anilines is 1. The van der Waals surface area contributed by atoms with Crippen molar-refractivity contribution in [3.05, 3.63) is 47.2 Å². The third-order valence-corrected chi connectivity index (χ3v) is 3.86. The summed E-state index contributed by atoms with van der Waals surface area (Å²) in [6.45, 7) is 5.81. The van der Waals surface area contributed by atoms with Gasteiger partial charge in [0.2, 0.25) is 5.91 Å². The van der Waals surface area contributed by atoms with Gasteiger partial charge < -0.3 is 5.32 Å². The second-order valence-corrected chi connectivity index (χ2v) is 5.45. The van der Waals surface area contributed by atoms with E-state index in [-0.39, 0.29) is 5.91 Å². The average molecular weight is 310 g/mol. The zero-order valence-corrected chi connectivity index (χ0v) is 13.4. The van der Waals surface area contributed by atoms with Gasteiger partial charge in [-0.15, -0.1) is 0 Å². The van der Waals surface area contributed by atoms with E-state index in [1.165, 1.54) is 6.33 Å². The Bertz CT molecular complexity index is 870. The van der Waals surface area contributed by atoms with Crippen LogP contribution in [0, 0.1) is 20.8 Å². The number of carbonyl (C=O) groups is 1. The lowest BCUT2D eigenvalue weighted by atomic mass is 10.1. The predicted molar refractivity (Wildman–Crippen MR) is 86.2 cm³/mol. The fraction of sp³-hybridized carbons (Fsp3) is 0.312. The van der Waals surface area contributed by atoms with Crippen LogP contribution >= 0.6 is 0 Å². The molecule has 23 heavy (non-hydrogen) atoms. The highest BCUT2D eigenvalue weighted by atomic mass is 16.1. The second kappa shape index (κ2) is 6.12. The topological polar surface area (TPSA) is 85.1 Å². The number of aryl methyl sites for hydroxylation is 3. The van der Waals surface area contributed by atoms with Gasteiger partial charge in [0.05, 0.1) is 0 Å². The van der Waals surface area contributed by atoms with Crippen LogP contribution in [0.15, 0.2) is 24.7 Å². The van der Waals surface area contributed by atoms with Crippen molar-refractivity contribution in [3.63, 3.8) is 0 Å². The van der Waals surface area contributed by atoms with Crippen LogP contribution < -0.4 is 5.32 Å². The largest absolute Gasteiger partial charge is 0.310 e. The molecule has 0 radical (unpaired) electrons. The third-order valence-electron chi connectivity index (χ3n) is 3.86. The lowest BCUT2D eigenvalue weighted by molar-refractivity contribution is -0.116. The van der Waals surface area contributed by atoms with E-state index in [1.54, 1.807) is 10.7 Å². The summed E-state index contributed by atoms with van der Waals surface area (Å²) in [5.41, 5.74) is 3.81. The summed E-state index contributed by atoms with van der Waals surface area (Å²) in [6, 6.07) is 3.76. The molecule has 3 aromatic rings. The van der Waals surface area contributed by atoms with Gasteiger partial charge in [0, 0.05) is 24.0 Å². The van der Waals surface area contributed by atoms with E-state index in [4.69, 9.17) is 0 Å². The fourth-order valence-electron chi connectivity index (χ4n) is 2.57. The number of amides is 1.